The van der Waals surface area contributed by atoms with Gasteiger partial charge >= 0.3 is 0 Å². The van der Waals surface area contributed by atoms with Gasteiger partial charge in [0.25, 0.3) is 0 Å². The molecule has 1 aromatic carbocycles. The molecule has 1 amide bonds. The molecule has 0 radical (unpaired) electrons. The number of nitrogens with one attached hydrogen (secondary N) is 2. The Morgan fingerprint density at radius 2 is 1.92 bits per heavy atom. The second-order valence-electron chi connectivity index (χ2n) is 10.0. The third-order valence-corrected chi connectivity index (χ3v) is 6.97. The number of hydrogen-bond donors (Lipinski definition) is 2. The third-order valence-electron chi connectivity index (χ3n) is 6.97. The molecule has 2 aromatic rings. The molecule has 2 N–H and O–H groups in total. The summed E-state index contributed by atoms with van der Waals surface area (Å²) in [5, 5.41) is 7.05. The molecule has 0 saturated carbocycles. The lowest BCUT2D eigenvalue weighted by Gasteiger charge is -2.35. The summed E-state index contributed by atoms with van der Waals surface area (Å²) in [4.78, 5) is 35.5. The van der Waals surface area contributed by atoms with E-state index >= 15 is 0 Å². The van der Waals surface area contributed by atoms with Crippen LogP contribution in [-0.2, 0) is 29.1 Å². The fourth-order valence-corrected chi connectivity index (χ4v) is 4.59. The third kappa shape index (κ3) is 7.57. The van der Waals surface area contributed by atoms with Gasteiger partial charge in [0.15, 0.2) is 0 Å². The predicted molar refractivity (Wildman–Crippen MR) is 145 cm³/mol. The number of Topliss-reactive ketones (excluding diaryl/α,β-unsaturated/α-hetero) is 1. The van der Waals surface area contributed by atoms with Gasteiger partial charge in [0.1, 0.15) is 23.1 Å². The van der Waals surface area contributed by atoms with Crippen LogP contribution in [0.5, 0.6) is 11.5 Å². The minimum atomic E-state index is -0.307. The Kier molecular flexibility index (Phi) is 9.72. The van der Waals surface area contributed by atoms with Crippen LogP contribution in [0.1, 0.15) is 76.6 Å². The van der Waals surface area contributed by atoms with Gasteiger partial charge in [-0.25, -0.2) is 4.98 Å². The largest absolute Gasteiger partial charge is 0.497 e. The molecule has 1 aliphatic heterocycles. The van der Waals surface area contributed by atoms with Gasteiger partial charge in [0, 0.05) is 55.6 Å². The number of ketones is 1. The number of anilines is 2. The zero-order valence-electron chi connectivity index (χ0n) is 23.1. The number of methoxy groups -OCH3 is 2. The molecular weight excluding hydrogens is 470 g/mol. The number of carbonyl (C=O) groups excluding carboxylic acids is 2. The van der Waals surface area contributed by atoms with Crippen molar-refractivity contribution in [2.24, 2.45) is 0 Å². The summed E-state index contributed by atoms with van der Waals surface area (Å²) in [7, 11) is 3.26. The number of benzene rings is 1. The van der Waals surface area contributed by atoms with E-state index in [2.05, 4.69) is 24.5 Å². The molecule has 3 rings (SSSR count). The lowest BCUT2D eigenvalue weighted by molar-refractivity contribution is -0.129. The zero-order chi connectivity index (χ0) is 27.0. The van der Waals surface area contributed by atoms with E-state index in [1.54, 1.807) is 28.1 Å². The SMILES string of the molecule is CCCC[C@](C)(CCC(C)=O)Nc1nc(NCc2ccc(OC)cc2OC)nc2c1CN(C(C)=O)CC2. The van der Waals surface area contributed by atoms with Crippen LogP contribution in [0, 0.1) is 0 Å². The molecular formula is C28H41N5O4. The number of fused-ring (bicyclic) bond motifs is 1. The van der Waals surface area contributed by atoms with Crippen molar-refractivity contribution in [3.63, 3.8) is 0 Å². The number of carbonyl (C=O) groups is 2. The Balaban J connectivity index is 1.93. The van der Waals surface area contributed by atoms with Crippen molar-refractivity contribution >= 4 is 23.5 Å². The van der Waals surface area contributed by atoms with Gasteiger partial charge in [-0.3, -0.25) is 4.79 Å². The van der Waals surface area contributed by atoms with Gasteiger partial charge in [0.05, 0.1) is 26.5 Å². The molecule has 0 unspecified atom stereocenters. The molecule has 0 bridgehead atoms. The second kappa shape index (κ2) is 12.7. The fourth-order valence-electron chi connectivity index (χ4n) is 4.59. The average Bonchev–Trinajstić information content (AvgIpc) is 2.89. The fraction of sp³-hybridized carbons (Fsp3) is 0.571. The predicted octanol–water partition coefficient (Wildman–Crippen LogP) is 4.74. The van der Waals surface area contributed by atoms with Crippen molar-refractivity contribution < 1.29 is 19.1 Å². The Hall–Kier alpha value is -3.36. The van der Waals surface area contributed by atoms with Crippen LogP contribution in [0.4, 0.5) is 11.8 Å². The maximum atomic E-state index is 12.2. The second-order valence-corrected chi connectivity index (χ2v) is 10.0. The number of nitrogens with zero attached hydrogens (tertiary/aromatic N) is 3. The van der Waals surface area contributed by atoms with E-state index in [-0.39, 0.29) is 17.2 Å². The van der Waals surface area contributed by atoms with Crippen LogP contribution >= 0.6 is 0 Å². The van der Waals surface area contributed by atoms with Crippen LogP contribution in [0.3, 0.4) is 0 Å². The molecule has 1 atom stereocenters. The smallest absolute Gasteiger partial charge is 0.225 e. The van der Waals surface area contributed by atoms with Crippen LogP contribution < -0.4 is 20.1 Å². The Morgan fingerprint density at radius 3 is 2.57 bits per heavy atom. The van der Waals surface area contributed by atoms with Gasteiger partial charge in [-0.2, -0.15) is 4.98 Å². The number of rotatable bonds is 13. The lowest BCUT2D eigenvalue weighted by Crippen LogP contribution is -2.39. The summed E-state index contributed by atoms with van der Waals surface area (Å²) in [6.45, 7) is 9.11. The normalized spacial score (nSPS) is 14.4. The van der Waals surface area contributed by atoms with Gasteiger partial charge in [-0.05, 0) is 38.8 Å². The first-order chi connectivity index (χ1) is 17.7. The van der Waals surface area contributed by atoms with Crippen molar-refractivity contribution in [2.45, 2.75) is 84.8 Å². The van der Waals surface area contributed by atoms with Crippen molar-refractivity contribution in [2.75, 3.05) is 31.4 Å². The summed E-state index contributed by atoms with van der Waals surface area (Å²) < 4.78 is 10.8. The van der Waals surface area contributed by atoms with E-state index in [1.807, 2.05) is 23.1 Å². The quantitative estimate of drug-likeness (QED) is 0.397. The van der Waals surface area contributed by atoms with Gasteiger partial charge in [-0.15, -0.1) is 0 Å². The van der Waals surface area contributed by atoms with Gasteiger partial charge in [0.2, 0.25) is 11.9 Å². The number of aromatic nitrogens is 2. The molecule has 0 saturated heterocycles. The molecule has 1 aromatic heterocycles. The highest BCUT2D eigenvalue weighted by Crippen LogP contribution is 2.32. The molecule has 37 heavy (non-hydrogen) atoms. The van der Waals surface area contributed by atoms with Crippen molar-refractivity contribution in [3.8, 4) is 11.5 Å². The maximum Gasteiger partial charge on any atom is 0.225 e. The summed E-state index contributed by atoms with van der Waals surface area (Å²) in [6, 6.07) is 5.70. The van der Waals surface area contributed by atoms with Gasteiger partial charge in [-0.1, -0.05) is 19.8 Å². The van der Waals surface area contributed by atoms with Crippen LogP contribution in [0.25, 0.3) is 0 Å². The maximum absolute atomic E-state index is 12.2. The van der Waals surface area contributed by atoms with Crippen LogP contribution in [-0.4, -0.2) is 52.9 Å². The van der Waals surface area contributed by atoms with E-state index < -0.39 is 0 Å². The van der Waals surface area contributed by atoms with Crippen LogP contribution in [0.15, 0.2) is 18.2 Å². The summed E-state index contributed by atoms with van der Waals surface area (Å²) in [5.74, 6) is 2.89. The molecule has 0 fully saturated rings. The van der Waals surface area contributed by atoms with Crippen molar-refractivity contribution in [1.82, 2.24) is 14.9 Å². The monoisotopic (exact) mass is 511 g/mol. The molecule has 2 heterocycles. The number of unbranched alkanes of at least 4 members (excludes halogenated alkanes) is 1. The van der Waals surface area contributed by atoms with Crippen molar-refractivity contribution in [1.29, 1.82) is 0 Å². The average molecular weight is 512 g/mol. The highest BCUT2D eigenvalue weighted by Gasteiger charge is 2.29. The van der Waals surface area contributed by atoms with E-state index in [0.717, 1.165) is 53.4 Å². The summed E-state index contributed by atoms with van der Waals surface area (Å²) in [5.41, 5.74) is 2.53. The van der Waals surface area contributed by atoms with E-state index in [1.165, 1.54) is 0 Å². The van der Waals surface area contributed by atoms with E-state index in [0.29, 0.717) is 44.8 Å². The highest BCUT2D eigenvalue weighted by molar-refractivity contribution is 5.75. The first-order valence-corrected chi connectivity index (χ1v) is 13.1. The first-order valence-electron chi connectivity index (χ1n) is 13.1. The molecule has 9 heteroatoms. The number of amides is 1. The highest BCUT2D eigenvalue weighted by atomic mass is 16.5. The molecule has 0 spiro atoms. The Labute approximate surface area is 220 Å². The topological polar surface area (TPSA) is 106 Å². The number of ether oxygens (including phenoxy) is 2. The van der Waals surface area contributed by atoms with E-state index in [9.17, 15) is 9.59 Å². The summed E-state index contributed by atoms with van der Waals surface area (Å²) in [6.07, 6.45) is 4.89. The molecule has 0 aliphatic carbocycles. The molecule has 9 nitrogen and oxygen atoms in total. The van der Waals surface area contributed by atoms with Gasteiger partial charge < -0.3 is 29.8 Å². The molecule has 1 aliphatic rings. The van der Waals surface area contributed by atoms with Crippen molar-refractivity contribution in [3.05, 3.63) is 35.0 Å². The standard InChI is InChI=1S/C28H41N5O4/c1-7-8-13-28(4,14-11-19(2)34)32-26-23-18-33(20(3)35)15-12-24(23)30-27(31-26)29-17-21-9-10-22(36-5)16-25(21)37-6/h9-10,16H,7-8,11-15,17-18H2,1-6H3,(H2,29,30,31,32)/t28-/m1/s1. The Morgan fingerprint density at radius 1 is 1.14 bits per heavy atom. The number of hydrogen-bond acceptors (Lipinski definition) is 8. The van der Waals surface area contributed by atoms with Crippen LogP contribution in [0.2, 0.25) is 0 Å². The minimum Gasteiger partial charge on any atom is -0.497 e. The van der Waals surface area contributed by atoms with E-state index in [4.69, 9.17) is 19.4 Å². The minimum absolute atomic E-state index is 0.0377. The zero-order valence-corrected chi connectivity index (χ0v) is 23.1. The lowest BCUT2D eigenvalue weighted by atomic mass is 9.88. The summed E-state index contributed by atoms with van der Waals surface area (Å²) >= 11 is 0. The molecule has 202 valence electrons. The Bertz CT molecular complexity index is 1110. The first kappa shape index (κ1) is 28.2.